The maximum Gasteiger partial charge on any atom is 0.0952 e. The topological polar surface area (TPSA) is 21.3 Å². The summed E-state index contributed by atoms with van der Waals surface area (Å²) in [5.74, 6) is 0. The third-order valence-corrected chi connectivity index (χ3v) is 4.29. The van der Waals surface area contributed by atoms with Gasteiger partial charge < -0.3 is 10.1 Å². The number of nitrogens with one attached hydrogen (secondary N) is 1. The maximum atomic E-state index is 6.05. The Morgan fingerprint density at radius 1 is 1.24 bits per heavy atom. The molecule has 2 aromatic carbocycles. The Morgan fingerprint density at radius 2 is 2.10 bits per heavy atom. The molecular weight excluding hydrogens is 282 g/mol. The van der Waals surface area contributed by atoms with E-state index in [0.29, 0.717) is 0 Å². The molecule has 3 rings (SSSR count). The number of benzene rings is 2. The van der Waals surface area contributed by atoms with Crippen LogP contribution >= 0.6 is 11.6 Å². The van der Waals surface area contributed by atoms with Crippen molar-refractivity contribution in [2.45, 2.75) is 25.5 Å². The van der Waals surface area contributed by atoms with Crippen LogP contribution in [-0.2, 0) is 11.2 Å². The molecule has 1 aliphatic rings. The van der Waals surface area contributed by atoms with Crippen LogP contribution < -0.4 is 5.32 Å². The van der Waals surface area contributed by atoms with Crippen LogP contribution in [0.4, 0.5) is 0 Å². The molecule has 0 saturated heterocycles. The van der Waals surface area contributed by atoms with Gasteiger partial charge in [-0.1, -0.05) is 48.0 Å². The SMILES string of the molecule is CC(NCC1OCCc2ccccc21)c1cccc(Cl)c1. The molecular formula is C18H20ClNO. The Bertz CT molecular complexity index is 614. The van der Waals surface area contributed by atoms with Crippen molar-refractivity contribution in [3.63, 3.8) is 0 Å². The van der Waals surface area contributed by atoms with E-state index in [1.807, 2.05) is 18.2 Å². The number of fused-ring (bicyclic) bond motifs is 1. The van der Waals surface area contributed by atoms with Crippen molar-refractivity contribution < 1.29 is 4.74 Å². The molecule has 0 amide bonds. The molecule has 0 radical (unpaired) electrons. The van der Waals surface area contributed by atoms with E-state index in [0.717, 1.165) is 24.6 Å². The molecule has 1 N–H and O–H groups in total. The van der Waals surface area contributed by atoms with Crippen molar-refractivity contribution >= 4 is 11.6 Å². The monoisotopic (exact) mass is 301 g/mol. The first-order chi connectivity index (χ1) is 10.2. The van der Waals surface area contributed by atoms with E-state index in [1.165, 1.54) is 16.7 Å². The van der Waals surface area contributed by atoms with Crippen molar-refractivity contribution in [2.75, 3.05) is 13.2 Å². The van der Waals surface area contributed by atoms with Gasteiger partial charge in [0.15, 0.2) is 0 Å². The number of hydrogen-bond donors (Lipinski definition) is 1. The summed E-state index contributed by atoms with van der Waals surface area (Å²) in [4.78, 5) is 0. The lowest BCUT2D eigenvalue weighted by Crippen LogP contribution is -2.29. The third-order valence-electron chi connectivity index (χ3n) is 4.05. The Kier molecular flexibility index (Phi) is 4.59. The second-order valence-corrected chi connectivity index (χ2v) is 5.93. The average molecular weight is 302 g/mol. The van der Waals surface area contributed by atoms with Crippen LogP contribution in [0.15, 0.2) is 48.5 Å². The summed E-state index contributed by atoms with van der Waals surface area (Å²) < 4.78 is 5.93. The van der Waals surface area contributed by atoms with Crippen LogP contribution in [0.1, 0.15) is 35.8 Å². The summed E-state index contributed by atoms with van der Waals surface area (Å²) in [6, 6.07) is 16.8. The van der Waals surface area contributed by atoms with Crippen molar-refractivity contribution in [3.05, 3.63) is 70.2 Å². The molecule has 1 aliphatic heterocycles. The highest BCUT2D eigenvalue weighted by molar-refractivity contribution is 6.30. The molecule has 2 aromatic rings. The number of ether oxygens (including phenoxy) is 1. The van der Waals surface area contributed by atoms with E-state index in [9.17, 15) is 0 Å². The molecule has 0 bridgehead atoms. The molecule has 0 aromatic heterocycles. The van der Waals surface area contributed by atoms with Gasteiger partial charge in [0.2, 0.25) is 0 Å². The summed E-state index contributed by atoms with van der Waals surface area (Å²) in [6.07, 6.45) is 1.15. The Morgan fingerprint density at radius 3 is 2.95 bits per heavy atom. The first-order valence-electron chi connectivity index (χ1n) is 7.42. The van der Waals surface area contributed by atoms with Gasteiger partial charge in [-0.05, 0) is 42.2 Å². The van der Waals surface area contributed by atoms with E-state index < -0.39 is 0 Å². The highest BCUT2D eigenvalue weighted by Gasteiger charge is 2.20. The predicted molar refractivity (Wildman–Crippen MR) is 86.7 cm³/mol. The average Bonchev–Trinajstić information content (AvgIpc) is 2.52. The summed E-state index contributed by atoms with van der Waals surface area (Å²) in [7, 11) is 0. The van der Waals surface area contributed by atoms with Crippen molar-refractivity contribution in [3.8, 4) is 0 Å². The van der Waals surface area contributed by atoms with Crippen LogP contribution in [0.25, 0.3) is 0 Å². The first kappa shape index (κ1) is 14.6. The van der Waals surface area contributed by atoms with Gasteiger partial charge in [0.25, 0.3) is 0 Å². The minimum Gasteiger partial charge on any atom is -0.372 e. The largest absolute Gasteiger partial charge is 0.372 e. The lowest BCUT2D eigenvalue weighted by atomic mass is 9.97. The van der Waals surface area contributed by atoms with Gasteiger partial charge in [0.1, 0.15) is 0 Å². The molecule has 2 unspecified atom stereocenters. The molecule has 2 atom stereocenters. The highest BCUT2D eigenvalue weighted by Crippen LogP contribution is 2.27. The molecule has 3 heteroatoms. The van der Waals surface area contributed by atoms with Gasteiger partial charge in [-0.25, -0.2) is 0 Å². The quantitative estimate of drug-likeness (QED) is 0.909. The lowest BCUT2D eigenvalue weighted by Gasteiger charge is -2.27. The van der Waals surface area contributed by atoms with E-state index >= 15 is 0 Å². The van der Waals surface area contributed by atoms with Crippen LogP contribution in [-0.4, -0.2) is 13.2 Å². The number of hydrogen-bond acceptors (Lipinski definition) is 2. The van der Waals surface area contributed by atoms with E-state index in [1.54, 1.807) is 0 Å². The highest BCUT2D eigenvalue weighted by atomic mass is 35.5. The van der Waals surface area contributed by atoms with E-state index in [2.05, 4.69) is 42.6 Å². The van der Waals surface area contributed by atoms with Gasteiger partial charge in [-0.2, -0.15) is 0 Å². The normalized spacial score (nSPS) is 19.0. The van der Waals surface area contributed by atoms with Crippen LogP contribution in [0.5, 0.6) is 0 Å². The molecule has 0 aliphatic carbocycles. The zero-order chi connectivity index (χ0) is 14.7. The van der Waals surface area contributed by atoms with Gasteiger partial charge >= 0.3 is 0 Å². The fourth-order valence-electron chi connectivity index (χ4n) is 2.82. The first-order valence-corrected chi connectivity index (χ1v) is 7.80. The number of halogens is 1. The van der Waals surface area contributed by atoms with Crippen LogP contribution in [0.2, 0.25) is 5.02 Å². The van der Waals surface area contributed by atoms with E-state index in [-0.39, 0.29) is 12.1 Å². The molecule has 0 fully saturated rings. The van der Waals surface area contributed by atoms with Gasteiger partial charge in [-0.3, -0.25) is 0 Å². The summed E-state index contributed by atoms with van der Waals surface area (Å²) in [6.45, 7) is 3.76. The van der Waals surface area contributed by atoms with Crippen molar-refractivity contribution in [1.29, 1.82) is 0 Å². The van der Waals surface area contributed by atoms with E-state index in [4.69, 9.17) is 16.3 Å². The van der Waals surface area contributed by atoms with Crippen molar-refractivity contribution in [1.82, 2.24) is 5.32 Å². The second kappa shape index (κ2) is 6.61. The van der Waals surface area contributed by atoms with Crippen LogP contribution in [0, 0.1) is 0 Å². The third kappa shape index (κ3) is 3.46. The van der Waals surface area contributed by atoms with Crippen molar-refractivity contribution in [2.24, 2.45) is 0 Å². The Labute approximate surface area is 131 Å². The summed E-state index contributed by atoms with van der Waals surface area (Å²) >= 11 is 6.05. The molecule has 2 nitrogen and oxygen atoms in total. The molecule has 0 spiro atoms. The zero-order valence-electron chi connectivity index (χ0n) is 12.2. The smallest absolute Gasteiger partial charge is 0.0952 e. The molecule has 1 heterocycles. The fourth-order valence-corrected chi connectivity index (χ4v) is 3.02. The summed E-state index contributed by atoms with van der Waals surface area (Å²) in [5, 5.41) is 4.33. The lowest BCUT2D eigenvalue weighted by molar-refractivity contribution is 0.0410. The fraction of sp³-hybridized carbons (Fsp3) is 0.333. The maximum absolute atomic E-state index is 6.05. The standard InChI is InChI=1S/C18H20ClNO/c1-13(15-6-4-7-16(19)11-15)20-12-18-17-8-3-2-5-14(17)9-10-21-18/h2-8,11,13,18,20H,9-10,12H2,1H3. The van der Waals surface area contributed by atoms with Gasteiger partial charge in [0, 0.05) is 17.6 Å². The summed E-state index contributed by atoms with van der Waals surface area (Å²) in [5.41, 5.74) is 3.92. The molecule has 0 saturated carbocycles. The van der Waals surface area contributed by atoms with Gasteiger partial charge in [-0.15, -0.1) is 0 Å². The predicted octanol–water partition coefficient (Wildman–Crippen LogP) is 4.30. The Hall–Kier alpha value is -1.35. The molecule has 21 heavy (non-hydrogen) atoms. The zero-order valence-corrected chi connectivity index (χ0v) is 12.9. The minimum atomic E-state index is 0.136. The number of rotatable bonds is 4. The second-order valence-electron chi connectivity index (χ2n) is 5.49. The van der Waals surface area contributed by atoms with Gasteiger partial charge in [0.05, 0.1) is 12.7 Å². The molecule has 110 valence electrons. The Balaban J connectivity index is 1.66. The van der Waals surface area contributed by atoms with Crippen LogP contribution in [0.3, 0.4) is 0 Å². The minimum absolute atomic E-state index is 0.136.